The maximum Gasteiger partial charge on any atom is 0.162 e. The lowest BCUT2D eigenvalue weighted by atomic mass is 9.82. The lowest BCUT2D eigenvalue weighted by Crippen LogP contribution is -2.18. The first-order chi connectivity index (χ1) is 18.3. The van der Waals surface area contributed by atoms with E-state index >= 15 is 8.78 Å². The number of rotatable bonds is 13. The van der Waals surface area contributed by atoms with Gasteiger partial charge in [-0.25, -0.2) is 13.2 Å². The molecule has 0 spiro atoms. The highest BCUT2D eigenvalue weighted by Gasteiger charge is 2.29. The van der Waals surface area contributed by atoms with Gasteiger partial charge in [0.05, 0.1) is 12.7 Å². The first kappa shape index (κ1) is 29.5. The first-order valence-corrected chi connectivity index (χ1v) is 13.6. The van der Waals surface area contributed by atoms with E-state index in [2.05, 4.69) is 6.58 Å². The van der Waals surface area contributed by atoms with Crippen molar-refractivity contribution in [2.24, 2.45) is 11.8 Å². The van der Waals surface area contributed by atoms with Crippen molar-refractivity contribution in [1.82, 2.24) is 0 Å². The summed E-state index contributed by atoms with van der Waals surface area (Å²) in [6.45, 7) is 7.80. The zero-order valence-electron chi connectivity index (χ0n) is 22.4. The van der Waals surface area contributed by atoms with Crippen LogP contribution in [0.3, 0.4) is 0 Å². The third-order valence-electron chi connectivity index (χ3n) is 6.96. The summed E-state index contributed by atoms with van der Waals surface area (Å²) in [5.74, 6) is -1.96. The molecule has 38 heavy (non-hydrogen) atoms. The molecule has 2 aliphatic rings. The van der Waals surface area contributed by atoms with Gasteiger partial charge in [0.1, 0.15) is 17.4 Å². The Kier molecular flexibility index (Phi) is 11.5. The predicted molar refractivity (Wildman–Crippen MR) is 150 cm³/mol. The molecule has 0 bridgehead atoms. The highest BCUT2D eigenvalue weighted by molar-refractivity contribution is 5.53. The van der Waals surface area contributed by atoms with E-state index in [9.17, 15) is 9.50 Å². The van der Waals surface area contributed by atoms with Gasteiger partial charge in [0.2, 0.25) is 0 Å². The Balaban J connectivity index is 1.57. The van der Waals surface area contributed by atoms with Crippen LogP contribution in [0, 0.1) is 17.7 Å². The minimum atomic E-state index is -0.810. The van der Waals surface area contributed by atoms with Crippen LogP contribution in [0.1, 0.15) is 57.9 Å². The van der Waals surface area contributed by atoms with Crippen LogP contribution in [0.4, 0.5) is 13.2 Å². The molecule has 0 saturated carbocycles. The monoisotopic (exact) mass is 524 g/mol. The quantitative estimate of drug-likeness (QED) is 0.159. The van der Waals surface area contributed by atoms with Gasteiger partial charge in [-0.2, -0.15) is 0 Å². The molecule has 0 radical (unpaired) electrons. The lowest BCUT2D eigenvalue weighted by molar-refractivity contribution is 0.149. The van der Waals surface area contributed by atoms with Gasteiger partial charge in [0.15, 0.2) is 5.83 Å². The van der Waals surface area contributed by atoms with Gasteiger partial charge in [0.25, 0.3) is 0 Å². The smallest absolute Gasteiger partial charge is 0.162 e. The van der Waals surface area contributed by atoms with Gasteiger partial charge in [-0.1, -0.05) is 61.6 Å². The lowest BCUT2D eigenvalue weighted by Gasteiger charge is -2.25. The van der Waals surface area contributed by atoms with Gasteiger partial charge in [-0.3, -0.25) is 0 Å². The number of unbranched alkanes of at least 4 members (excludes halogenated alkanes) is 1. The second-order valence-electron chi connectivity index (χ2n) is 9.81. The van der Waals surface area contributed by atoms with Crippen LogP contribution < -0.4 is 4.74 Å². The van der Waals surface area contributed by atoms with Crippen LogP contribution in [0.5, 0.6) is 5.75 Å². The van der Waals surface area contributed by atoms with Gasteiger partial charge in [0, 0.05) is 23.5 Å². The van der Waals surface area contributed by atoms with E-state index in [4.69, 9.17) is 4.74 Å². The Morgan fingerprint density at radius 3 is 2.66 bits per heavy atom. The van der Waals surface area contributed by atoms with Gasteiger partial charge in [-0.05, 0) is 74.6 Å². The van der Waals surface area contributed by atoms with Crippen LogP contribution in [0.2, 0.25) is 0 Å². The van der Waals surface area contributed by atoms with E-state index in [0.29, 0.717) is 62.0 Å². The summed E-state index contributed by atoms with van der Waals surface area (Å²) in [6, 6.07) is 4.93. The van der Waals surface area contributed by atoms with Gasteiger partial charge < -0.3 is 9.84 Å². The molecule has 0 amide bonds. The summed E-state index contributed by atoms with van der Waals surface area (Å²) in [7, 11) is 0. The number of hydrogen-bond acceptors (Lipinski definition) is 2. The van der Waals surface area contributed by atoms with Crippen LogP contribution in [0.25, 0.3) is 0 Å². The number of aliphatic hydroxyl groups is 1. The Labute approximate surface area is 225 Å². The van der Waals surface area contributed by atoms with Crippen molar-refractivity contribution >= 4 is 0 Å². The minimum absolute atomic E-state index is 0.00632. The zero-order valence-corrected chi connectivity index (χ0v) is 22.4. The molecule has 2 nitrogen and oxygen atoms in total. The molecule has 0 aromatic heterocycles. The van der Waals surface area contributed by atoms with E-state index in [1.54, 1.807) is 31.2 Å². The molecule has 5 heteroatoms. The fourth-order valence-corrected chi connectivity index (χ4v) is 4.70. The molecule has 0 fully saturated rings. The Morgan fingerprint density at radius 1 is 1.18 bits per heavy atom. The van der Waals surface area contributed by atoms with E-state index in [0.717, 1.165) is 12.0 Å². The van der Waals surface area contributed by atoms with Crippen molar-refractivity contribution in [2.45, 2.75) is 64.9 Å². The topological polar surface area (TPSA) is 29.5 Å². The predicted octanol–water partition coefficient (Wildman–Crippen LogP) is 8.98. The Morgan fingerprint density at radius 2 is 2.00 bits per heavy atom. The number of ether oxygens (including phenoxy) is 1. The first-order valence-electron chi connectivity index (χ1n) is 13.6. The molecule has 2 aliphatic carbocycles. The average Bonchev–Trinajstić information content (AvgIpc) is 2.91. The maximum atomic E-state index is 15.2. The molecule has 3 unspecified atom stereocenters. The Bertz CT molecular complexity index is 1150. The van der Waals surface area contributed by atoms with Crippen molar-refractivity contribution < 1.29 is 23.0 Å². The molecule has 0 saturated heterocycles. The fraction of sp³-hybridized carbons (Fsp3) is 0.394. The normalized spacial score (nSPS) is 20.9. The minimum Gasteiger partial charge on any atom is -0.493 e. The summed E-state index contributed by atoms with van der Waals surface area (Å²) >= 11 is 0. The van der Waals surface area contributed by atoms with Crippen molar-refractivity contribution in [2.75, 3.05) is 6.61 Å². The van der Waals surface area contributed by atoms with Gasteiger partial charge in [-0.15, -0.1) is 6.58 Å². The van der Waals surface area contributed by atoms with E-state index in [1.807, 2.05) is 43.4 Å². The average molecular weight is 525 g/mol. The molecule has 0 aliphatic heterocycles. The molecule has 3 atom stereocenters. The standard InChI is InChI=1S/C33H39F3O2/c1-4-6-21-38-28-18-17-27(31(34)22-28)12-9-7-8-11-25(10-5-2)29-19-20-30(33(36)32(29)35)26-15-13-24(14-16-26)23(3)37/h4,8,10-11,13,15-19,22-24,30,37H,1,5-7,9,12,14,20-21H2,2-3H3/b11-8-,25-10+. The summed E-state index contributed by atoms with van der Waals surface area (Å²) < 4.78 is 50.3. The summed E-state index contributed by atoms with van der Waals surface area (Å²) in [6.07, 6.45) is 18.7. The van der Waals surface area contributed by atoms with E-state index < -0.39 is 23.7 Å². The van der Waals surface area contributed by atoms with E-state index in [1.165, 1.54) is 6.07 Å². The third kappa shape index (κ3) is 7.97. The fourth-order valence-electron chi connectivity index (χ4n) is 4.70. The van der Waals surface area contributed by atoms with Gasteiger partial charge >= 0.3 is 0 Å². The van der Waals surface area contributed by atoms with Crippen molar-refractivity contribution in [3.63, 3.8) is 0 Å². The molecular weight excluding hydrogens is 485 g/mol. The molecule has 1 aromatic carbocycles. The SMILES string of the molecule is C=CCCOc1ccc(CCC/C=C\C(=C/CC)C2=CCC(C3=CCC(C(C)O)C=C3)C(F)=C2F)c(F)c1. The summed E-state index contributed by atoms with van der Waals surface area (Å²) in [5.41, 5.74) is 2.33. The van der Waals surface area contributed by atoms with Crippen molar-refractivity contribution in [3.8, 4) is 5.75 Å². The second kappa shape index (κ2) is 14.8. The largest absolute Gasteiger partial charge is 0.493 e. The summed E-state index contributed by atoms with van der Waals surface area (Å²) in [5, 5.41) is 9.76. The van der Waals surface area contributed by atoms with E-state index in [-0.39, 0.29) is 17.3 Å². The number of benzene rings is 1. The molecular formula is C33H39F3O2. The molecule has 3 rings (SSSR count). The zero-order chi connectivity index (χ0) is 27.5. The number of aryl methyl sites for hydroxylation is 1. The third-order valence-corrected chi connectivity index (χ3v) is 6.96. The van der Waals surface area contributed by atoms with Crippen LogP contribution in [-0.2, 0) is 6.42 Å². The Hall–Kier alpha value is -3.05. The maximum absolute atomic E-state index is 15.2. The van der Waals surface area contributed by atoms with Crippen LogP contribution >= 0.6 is 0 Å². The second-order valence-corrected chi connectivity index (χ2v) is 9.81. The highest BCUT2D eigenvalue weighted by Crippen LogP contribution is 2.41. The number of allylic oxidation sites excluding steroid dienone is 11. The van der Waals surface area contributed by atoms with Crippen molar-refractivity contribution in [3.05, 3.63) is 113 Å². The van der Waals surface area contributed by atoms with Crippen LogP contribution in [-0.4, -0.2) is 17.8 Å². The molecule has 0 heterocycles. The summed E-state index contributed by atoms with van der Waals surface area (Å²) in [4.78, 5) is 0. The molecule has 1 N–H and O–H groups in total. The number of hydrogen-bond donors (Lipinski definition) is 1. The number of halogens is 3. The van der Waals surface area contributed by atoms with Crippen molar-refractivity contribution in [1.29, 1.82) is 0 Å². The molecule has 1 aromatic rings. The highest BCUT2D eigenvalue weighted by atomic mass is 19.2. The van der Waals surface area contributed by atoms with Crippen LogP contribution in [0.15, 0.2) is 102 Å². The molecule has 204 valence electrons. The number of aliphatic hydroxyl groups excluding tert-OH is 1.